The molecule has 4 rings (SSSR count). The SMILES string of the molecule is Cn1ccnc1C(NC(=O)c1ccc(Oc2ccccc2)cc1)c1ccccc1F. The van der Waals surface area contributed by atoms with Gasteiger partial charge in [-0.15, -0.1) is 0 Å². The number of carbonyl (C=O) groups is 1. The van der Waals surface area contributed by atoms with E-state index >= 15 is 0 Å². The van der Waals surface area contributed by atoms with Crippen LogP contribution in [0.15, 0.2) is 91.3 Å². The number of hydrogen-bond donors (Lipinski definition) is 1. The molecule has 3 aromatic carbocycles. The molecule has 1 aromatic heterocycles. The minimum atomic E-state index is -0.723. The Morgan fingerprint density at radius 2 is 1.63 bits per heavy atom. The number of para-hydroxylation sites is 1. The molecule has 0 fully saturated rings. The number of ether oxygens (including phenoxy) is 1. The fraction of sp³-hybridized carbons (Fsp3) is 0.0833. The van der Waals surface area contributed by atoms with E-state index in [0.717, 1.165) is 0 Å². The molecule has 0 saturated heterocycles. The van der Waals surface area contributed by atoms with Crippen molar-refractivity contribution in [1.29, 1.82) is 0 Å². The maximum absolute atomic E-state index is 14.5. The van der Waals surface area contributed by atoms with Gasteiger partial charge in [0.25, 0.3) is 5.91 Å². The molecule has 0 saturated carbocycles. The standard InChI is InChI=1S/C24H20FN3O2/c1-28-16-15-26-23(28)22(20-9-5-6-10-21(20)25)27-24(29)17-11-13-19(14-12-17)30-18-7-3-2-4-8-18/h2-16,22H,1H3,(H,27,29). The van der Waals surface area contributed by atoms with Crippen molar-refractivity contribution in [2.45, 2.75) is 6.04 Å². The van der Waals surface area contributed by atoms with Crippen molar-refractivity contribution in [3.8, 4) is 11.5 Å². The number of aryl methyl sites for hydroxylation is 1. The Kier molecular flexibility index (Phi) is 5.57. The van der Waals surface area contributed by atoms with Crippen LogP contribution in [0.5, 0.6) is 11.5 Å². The van der Waals surface area contributed by atoms with Gasteiger partial charge < -0.3 is 14.6 Å². The second-order valence-corrected chi connectivity index (χ2v) is 6.76. The molecule has 30 heavy (non-hydrogen) atoms. The van der Waals surface area contributed by atoms with Gasteiger partial charge in [-0.25, -0.2) is 9.37 Å². The second-order valence-electron chi connectivity index (χ2n) is 6.76. The molecule has 0 radical (unpaired) electrons. The van der Waals surface area contributed by atoms with E-state index in [2.05, 4.69) is 10.3 Å². The molecule has 1 atom stereocenters. The van der Waals surface area contributed by atoms with Crippen molar-refractivity contribution in [2.24, 2.45) is 7.05 Å². The number of nitrogens with one attached hydrogen (secondary N) is 1. The van der Waals surface area contributed by atoms with Crippen molar-refractivity contribution in [1.82, 2.24) is 14.9 Å². The van der Waals surface area contributed by atoms with Crippen LogP contribution in [-0.4, -0.2) is 15.5 Å². The quantitative estimate of drug-likeness (QED) is 0.501. The lowest BCUT2D eigenvalue weighted by Crippen LogP contribution is -2.31. The summed E-state index contributed by atoms with van der Waals surface area (Å²) in [5, 5.41) is 2.90. The predicted octanol–water partition coefficient (Wildman–Crippen LogP) is 4.87. The van der Waals surface area contributed by atoms with Crippen molar-refractivity contribution in [3.63, 3.8) is 0 Å². The van der Waals surface area contributed by atoms with E-state index < -0.39 is 11.9 Å². The summed E-state index contributed by atoms with van der Waals surface area (Å²) in [5.74, 6) is 1.13. The van der Waals surface area contributed by atoms with E-state index in [1.807, 2.05) is 30.3 Å². The topological polar surface area (TPSA) is 56.2 Å². The fourth-order valence-electron chi connectivity index (χ4n) is 3.16. The number of rotatable bonds is 6. The Morgan fingerprint density at radius 1 is 0.967 bits per heavy atom. The van der Waals surface area contributed by atoms with Gasteiger partial charge in [0, 0.05) is 30.6 Å². The summed E-state index contributed by atoms with van der Waals surface area (Å²) >= 11 is 0. The van der Waals surface area contributed by atoms with Gasteiger partial charge in [-0.2, -0.15) is 0 Å². The zero-order valence-electron chi connectivity index (χ0n) is 16.3. The molecule has 5 nitrogen and oxygen atoms in total. The van der Waals surface area contributed by atoms with Crippen LogP contribution in [0.25, 0.3) is 0 Å². The highest BCUT2D eigenvalue weighted by molar-refractivity contribution is 5.94. The van der Waals surface area contributed by atoms with Crippen LogP contribution in [-0.2, 0) is 7.05 Å². The molecule has 1 N–H and O–H groups in total. The molecule has 0 aliphatic rings. The molecule has 1 heterocycles. The number of aromatic nitrogens is 2. The van der Waals surface area contributed by atoms with Gasteiger partial charge in [0.15, 0.2) is 0 Å². The van der Waals surface area contributed by atoms with Gasteiger partial charge >= 0.3 is 0 Å². The maximum Gasteiger partial charge on any atom is 0.252 e. The highest BCUT2D eigenvalue weighted by atomic mass is 19.1. The maximum atomic E-state index is 14.5. The van der Waals surface area contributed by atoms with E-state index in [1.165, 1.54) is 6.07 Å². The molecule has 1 unspecified atom stereocenters. The number of carbonyl (C=O) groups excluding carboxylic acids is 1. The van der Waals surface area contributed by atoms with Gasteiger partial charge in [-0.3, -0.25) is 4.79 Å². The Balaban J connectivity index is 1.55. The molecule has 0 aliphatic heterocycles. The van der Waals surface area contributed by atoms with Crippen molar-refractivity contribution < 1.29 is 13.9 Å². The van der Waals surface area contributed by atoms with Crippen LogP contribution in [0.3, 0.4) is 0 Å². The number of amides is 1. The molecule has 0 spiro atoms. The van der Waals surface area contributed by atoms with Gasteiger partial charge in [0.05, 0.1) is 0 Å². The van der Waals surface area contributed by atoms with Crippen LogP contribution in [0.2, 0.25) is 0 Å². The molecule has 1 amide bonds. The average Bonchev–Trinajstić information content (AvgIpc) is 3.19. The smallest absolute Gasteiger partial charge is 0.252 e. The number of hydrogen-bond acceptors (Lipinski definition) is 3. The monoisotopic (exact) mass is 401 g/mol. The van der Waals surface area contributed by atoms with Crippen molar-refractivity contribution in [3.05, 3.63) is 114 Å². The molecule has 150 valence electrons. The summed E-state index contributed by atoms with van der Waals surface area (Å²) in [7, 11) is 1.80. The molecular formula is C24H20FN3O2. The number of halogens is 1. The Morgan fingerprint density at radius 3 is 2.30 bits per heavy atom. The van der Waals surface area contributed by atoms with Gasteiger partial charge in [-0.1, -0.05) is 36.4 Å². The van der Waals surface area contributed by atoms with E-state index in [9.17, 15) is 9.18 Å². The third kappa shape index (κ3) is 4.22. The van der Waals surface area contributed by atoms with Crippen LogP contribution in [0.1, 0.15) is 27.8 Å². The molecular weight excluding hydrogens is 381 g/mol. The molecule has 0 aliphatic carbocycles. The molecule has 0 bridgehead atoms. The number of benzene rings is 3. The third-order valence-corrected chi connectivity index (χ3v) is 4.70. The summed E-state index contributed by atoms with van der Waals surface area (Å²) in [6.45, 7) is 0. The van der Waals surface area contributed by atoms with Crippen LogP contribution < -0.4 is 10.1 Å². The Hall–Kier alpha value is -3.93. The van der Waals surface area contributed by atoms with Crippen LogP contribution in [0.4, 0.5) is 4.39 Å². The highest BCUT2D eigenvalue weighted by Gasteiger charge is 2.24. The zero-order chi connectivity index (χ0) is 20.9. The fourth-order valence-corrected chi connectivity index (χ4v) is 3.16. The number of nitrogens with zero attached hydrogens (tertiary/aromatic N) is 2. The van der Waals surface area contributed by atoms with E-state index in [0.29, 0.717) is 28.5 Å². The van der Waals surface area contributed by atoms with E-state index in [-0.39, 0.29) is 5.91 Å². The normalized spacial score (nSPS) is 11.7. The predicted molar refractivity (Wildman–Crippen MR) is 112 cm³/mol. The summed E-state index contributed by atoms with van der Waals surface area (Å²) in [6.07, 6.45) is 3.37. The lowest BCUT2D eigenvalue weighted by atomic mass is 10.0. The second kappa shape index (κ2) is 8.61. The summed E-state index contributed by atoms with van der Waals surface area (Å²) < 4.78 is 22.0. The van der Waals surface area contributed by atoms with Crippen molar-refractivity contribution in [2.75, 3.05) is 0 Å². The first-order valence-electron chi connectivity index (χ1n) is 9.47. The lowest BCUT2D eigenvalue weighted by molar-refractivity contribution is 0.0940. The zero-order valence-corrected chi connectivity index (χ0v) is 16.3. The van der Waals surface area contributed by atoms with Crippen LogP contribution >= 0.6 is 0 Å². The van der Waals surface area contributed by atoms with Crippen LogP contribution in [0, 0.1) is 5.82 Å². The largest absolute Gasteiger partial charge is 0.457 e. The average molecular weight is 401 g/mol. The summed E-state index contributed by atoms with van der Waals surface area (Å²) in [6, 6.07) is 21.8. The van der Waals surface area contributed by atoms with E-state index in [4.69, 9.17) is 4.74 Å². The first-order chi connectivity index (χ1) is 14.6. The van der Waals surface area contributed by atoms with Gasteiger partial charge in [0.2, 0.25) is 0 Å². The Labute approximate surface area is 173 Å². The van der Waals surface area contributed by atoms with Crippen molar-refractivity contribution >= 4 is 5.91 Å². The highest BCUT2D eigenvalue weighted by Crippen LogP contribution is 2.25. The minimum Gasteiger partial charge on any atom is -0.457 e. The third-order valence-electron chi connectivity index (χ3n) is 4.70. The van der Waals surface area contributed by atoms with Gasteiger partial charge in [-0.05, 0) is 42.5 Å². The van der Waals surface area contributed by atoms with Gasteiger partial charge in [0.1, 0.15) is 29.2 Å². The first-order valence-corrected chi connectivity index (χ1v) is 9.47. The minimum absolute atomic E-state index is 0.336. The lowest BCUT2D eigenvalue weighted by Gasteiger charge is -2.20. The number of imidazole rings is 1. The summed E-state index contributed by atoms with van der Waals surface area (Å²) in [4.78, 5) is 17.2. The molecule has 4 aromatic rings. The summed E-state index contributed by atoms with van der Waals surface area (Å²) in [5.41, 5.74) is 0.787. The first kappa shape index (κ1) is 19.4. The van der Waals surface area contributed by atoms with E-state index in [1.54, 1.807) is 66.5 Å². The Bertz CT molecular complexity index is 1140. The molecule has 6 heteroatoms.